The van der Waals surface area contributed by atoms with E-state index in [1.54, 1.807) is 12.1 Å². The van der Waals surface area contributed by atoms with Crippen LogP contribution in [-0.4, -0.2) is 29.0 Å². The van der Waals surface area contributed by atoms with Gasteiger partial charge in [0.2, 0.25) is 0 Å². The predicted octanol–water partition coefficient (Wildman–Crippen LogP) is 2.03. The summed E-state index contributed by atoms with van der Waals surface area (Å²) in [6, 6.07) is 7.04. The van der Waals surface area contributed by atoms with E-state index in [0.29, 0.717) is 17.6 Å². The minimum atomic E-state index is -0.485. The molecule has 1 amide bonds. The number of hydrogen-bond donors (Lipinski definition) is 2. The van der Waals surface area contributed by atoms with Crippen LogP contribution in [0.25, 0.3) is 0 Å². The van der Waals surface area contributed by atoms with Gasteiger partial charge in [-0.25, -0.2) is 0 Å². The summed E-state index contributed by atoms with van der Waals surface area (Å²) >= 11 is 0. The molecule has 2 unspecified atom stereocenters. The van der Waals surface area contributed by atoms with E-state index < -0.39 is 4.92 Å². The monoisotopic (exact) mass is 311 g/mol. The molecule has 7 heteroatoms. The first kappa shape index (κ1) is 15.7. The third-order valence-corrected chi connectivity index (χ3v) is 4.13. The lowest BCUT2D eigenvalue weighted by molar-refractivity contribution is -0.384. The number of non-ortho nitro benzene ring substituents is 1. The summed E-state index contributed by atoms with van der Waals surface area (Å²) < 4.78 is 0. The van der Waals surface area contributed by atoms with Crippen molar-refractivity contribution in [1.29, 1.82) is 0 Å². The van der Waals surface area contributed by atoms with Crippen LogP contribution in [0.15, 0.2) is 24.3 Å². The fourth-order valence-corrected chi connectivity index (χ4v) is 3.20. The Kier molecular flexibility index (Phi) is 4.80. The predicted molar refractivity (Wildman–Crippen MR) is 80.8 cm³/mol. The van der Waals surface area contributed by atoms with E-state index in [4.69, 9.17) is 0 Å². The molecular weight excluding hydrogens is 294 g/mol. The Morgan fingerprint density at radius 3 is 2.57 bits per heavy atom. The van der Waals surface area contributed by atoms with Gasteiger partial charge >= 0.3 is 0 Å². The number of carbonyl (C=O) groups is 1. The first-order chi connectivity index (χ1) is 9.61. The highest BCUT2D eigenvalue weighted by molar-refractivity contribution is 5.95. The average molecular weight is 312 g/mol. The van der Waals surface area contributed by atoms with Crippen LogP contribution < -0.4 is 10.6 Å². The molecule has 2 fully saturated rings. The third-order valence-electron chi connectivity index (χ3n) is 4.13. The zero-order chi connectivity index (χ0) is 14.1. The van der Waals surface area contributed by atoms with Crippen LogP contribution >= 0.6 is 12.4 Å². The molecule has 6 nitrogen and oxygen atoms in total. The molecule has 1 aromatic rings. The van der Waals surface area contributed by atoms with E-state index in [0.717, 1.165) is 12.8 Å². The summed E-state index contributed by atoms with van der Waals surface area (Å²) in [6.07, 6.45) is 4.23. The van der Waals surface area contributed by atoms with Crippen molar-refractivity contribution in [2.45, 2.75) is 43.8 Å². The van der Waals surface area contributed by atoms with Crippen molar-refractivity contribution >= 4 is 24.0 Å². The molecule has 2 aliphatic rings. The molecule has 2 bridgehead atoms. The molecule has 1 aromatic carbocycles. The molecule has 2 atom stereocenters. The number of fused-ring (bicyclic) bond motifs is 2. The first-order valence-electron chi connectivity index (χ1n) is 6.93. The maximum atomic E-state index is 12.2. The number of nitrogens with one attached hydrogen (secondary N) is 2. The zero-order valence-corrected chi connectivity index (χ0v) is 12.3. The topological polar surface area (TPSA) is 84.3 Å². The van der Waals surface area contributed by atoms with E-state index in [9.17, 15) is 14.9 Å². The van der Waals surface area contributed by atoms with Crippen molar-refractivity contribution in [3.63, 3.8) is 0 Å². The van der Waals surface area contributed by atoms with E-state index in [-0.39, 0.29) is 30.0 Å². The molecule has 0 spiro atoms. The Hall–Kier alpha value is -1.66. The van der Waals surface area contributed by atoms with Gasteiger partial charge in [0.25, 0.3) is 11.6 Å². The summed E-state index contributed by atoms with van der Waals surface area (Å²) in [5, 5.41) is 17.2. The number of carbonyl (C=O) groups excluding carboxylic acids is 1. The molecule has 114 valence electrons. The van der Waals surface area contributed by atoms with Crippen LogP contribution in [0.2, 0.25) is 0 Å². The molecule has 0 aliphatic carbocycles. The Morgan fingerprint density at radius 1 is 1.29 bits per heavy atom. The van der Waals surface area contributed by atoms with Crippen LogP contribution in [-0.2, 0) is 0 Å². The fraction of sp³-hybridized carbons (Fsp3) is 0.500. The van der Waals surface area contributed by atoms with Crippen molar-refractivity contribution in [3.8, 4) is 0 Å². The standard InChI is InChI=1S/C14H17N3O3.ClH/c18-14(9-2-1-3-13(6-9)17(19)20)16-12-7-10-4-5-11(8-12)15-10;/h1-3,6,10-12,15H,4-5,7-8H2,(H,16,18);1H. The Balaban J connectivity index is 0.00000161. The second-order valence-electron chi connectivity index (χ2n) is 5.59. The van der Waals surface area contributed by atoms with Gasteiger partial charge in [-0.1, -0.05) is 6.07 Å². The Bertz CT molecular complexity index is 540. The number of amides is 1. The number of benzene rings is 1. The minimum absolute atomic E-state index is 0. The van der Waals surface area contributed by atoms with Gasteiger partial charge in [-0.15, -0.1) is 12.4 Å². The fourth-order valence-electron chi connectivity index (χ4n) is 3.20. The molecule has 2 heterocycles. The molecule has 3 rings (SSSR count). The molecule has 2 aliphatic heterocycles. The van der Waals surface area contributed by atoms with Gasteiger partial charge < -0.3 is 10.6 Å². The molecular formula is C14H18ClN3O3. The first-order valence-corrected chi connectivity index (χ1v) is 6.93. The highest BCUT2D eigenvalue weighted by Crippen LogP contribution is 2.27. The zero-order valence-electron chi connectivity index (χ0n) is 11.5. The molecule has 2 saturated heterocycles. The lowest BCUT2D eigenvalue weighted by atomic mass is 9.99. The summed E-state index contributed by atoms with van der Waals surface area (Å²) in [5.74, 6) is -0.222. The molecule has 0 radical (unpaired) electrons. The number of nitro groups is 1. The van der Waals surface area contributed by atoms with Gasteiger partial charge in [0.15, 0.2) is 0 Å². The summed E-state index contributed by atoms with van der Waals surface area (Å²) in [4.78, 5) is 22.4. The van der Waals surface area contributed by atoms with Crippen molar-refractivity contribution in [3.05, 3.63) is 39.9 Å². The minimum Gasteiger partial charge on any atom is -0.349 e. The van der Waals surface area contributed by atoms with Crippen LogP contribution in [0.1, 0.15) is 36.0 Å². The number of nitrogens with zero attached hydrogens (tertiary/aromatic N) is 1. The van der Waals surface area contributed by atoms with Crippen molar-refractivity contribution in [1.82, 2.24) is 10.6 Å². The molecule has 2 N–H and O–H groups in total. The quantitative estimate of drug-likeness (QED) is 0.661. The summed E-state index contributed by atoms with van der Waals surface area (Å²) in [7, 11) is 0. The summed E-state index contributed by atoms with van der Waals surface area (Å²) in [5.41, 5.74) is 0.299. The largest absolute Gasteiger partial charge is 0.349 e. The van der Waals surface area contributed by atoms with Crippen LogP contribution in [0.5, 0.6) is 0 Å². The lowest BCUT2D eigenvalue weighted by Gasteiger charge is -2.29. The van der Waals surface area contributed by atoms with Crippen LogP contribution in [0, 0.1) is 10.1 Å². The van der Waals surface area contributed by atoms with Crippen molar-refractivity contribution in [2.75, 3.05) is 0 Å². The van der Waals surface area contributed by atoms with E-state index >= 15 is 0 Å². The Morgan fingerprint density at radius 2 is 1.95 bits per heavy atom. The SMILES string of the molecule is Cl.O=C(NC1CC2CCC(C1)N2)c1cccc([N+](=O)[O-])c1. The van der Waals surface area contributed by atoms with Gasteiger partial charge in [-0.3, -0.25) is 14.9 Å². The number of nitro benzene ring substituents is 1. The second kappa shape index (κ2) is 6.41. The normalized spacial score (nSPS) is 26.8. The highest BCUT2D eigenvalue weighted by Gasteiger charge is 2.34. The van der Waals surface area contributed by atoms with Crippen molar-refractivity contribution in [2.24, 2.45) is 0 Å². The van der Waals surface area contributed by atoms with Crippen molar-refractivity contribution < 1.29 is 9.72 Å². The second-order valence-corrected chi connectivity index (χ2v) is 5.59. The molecule has 0 saturated carbocycles. The maximum Gasteiger partial charge on any atom is 0.270 e. The number of rotatable bonds is 3. The number of piperidine rings is 1. The van der Waals surface area contributed by atoms with Gasteiger partial charge in [0.05, 0.1) is 4.92 Å². The van der Waals surface area contributed by atoms with E-state index in [1.165, 1.54) is 25.0 Å². The smallest absolute Gasteiger partial charge is 0.270 e. The molecule has 0 aromatic heterocycles. The number of hydrogen-bond acceptors (Lipinski definition) is 4. The Labute approximate surface area is 128 Å². The van der Waals surface area contributed by atoms with Crippen LogP contribution in [0.4, 0.5) is 5.69 Å². The molecule has 21 heavy (non-hydrogen) atoms. The maximum absolute atomic E-state index is 12.2. The summed E-state index contributed by atoms with van der Waals surface area (Å²) in [6.45, 7) is 0. The van der Waals surface area contributed by atoms with E-state index in [2.05, 4.69) is 10.6 Å². The van der Waals surface area contributed by atoms with Gasteiger partial charge in [0, 0.05) is 35.8 Å². The van der Waals surface area contributed by atoms with Gasteiger partial charge in [-0.05, 0) is 31.7 Å². The highest BCUT2D eigenvalue weighted by atomic mass is 35.5. The van der Waals surface area contributed by atoms with Crippen LogP contribution in [0.3, 0.4) is 0 Å². The average Bonchev–Trinajstić information content (AvgIpc) is 2.78. The number of halogens is 1. The lowest BCUT2D eigenvalue weighted by Crippen LogP contribution is -2.48. The van der Waals surface area contributed by atoms with Gasteiger partial charge in [-0.2, -0.15) is 0 Å². The third kappa shape index (κ3) is 3.51. The van der Waals surface area contributed by atoms with E-state index in [1.807, 2.05) is 0 Å². The van der Waals surface area contributed by atoms with Gasteiger partial charge in [0.1, 0.15) is 0 Å².